The van der Waals surface area contributed by atoms with Crippen LogP contribution in [0.5, 0.6) is 0 Å². The minimum Gasteiger partial charge on any atom is -0.309 e. The van der Waals surface area contributed by atoms with Crippen molar-refractivity contribution in [3.05, 3.63) is 23.7 Å². The van der Waals surface area contributed by atoms with Gasteiger partial charge >= 0.3 is 0 Å². The highest BCUT2D eigenvalue weighted by molar-refractivity contribution is 6.17. The van der Waals surface area contributed by atoms with Gasteiger partial charge in [0.1, 0.15) is 11.3 Å². The van der Waals surface area contributed by atoms with Gasteiger partial charge in [-0.05, 0) is 37.3 Å². The van der Waals surface area contributed by atoms with Crippen molar-refractivity contribution in [1.82, 2.24) is 14.5 Å². The standard InChI is InChI=1S/C16H22ClN3/c1-11-5-3-4-6-13(11)20-14(7-9-17)19-15-12(2)8-10-18-16(15)20/h8,10-11,13H,3-7,9H2,1-2H3. The number of hydrogen-bond acceptors (Lipinski definition) is 2. The lowest BCUT2D eigenvalue weighted by Gasteiger charge is -2.31. The number of fused-ring (bicyclic) bond motifs is 1. The summed E-state index contributed by atoms with van der Waals surface area (Å²) in [6.45, 7) is 4.46. The first-order chi connectivity index (χ1) is 9.72. The lowest BCUT2D eigenvalue weighted by molar-refractivity contribution is 0.257. The monoisotopic (exact) mass is 291 g/mol. The van der Waals surface area contributed by atoms with Crippen LogP contribution < -0.4 is 0 Å². The SMILES string of the molecule is Cc1ccnc2c1nc(CCCl)n2C1CCCCC1C. The van der Waals surface area contributed by atoms with E-state index >= 15 is 0 Å². The number of aryl methyl sites for hydroxylation is 2. The van der Waals surface area contributed by atoms with Crippen molar-refractivity contribution in [2.24, 2.45) is 5.92 Å². The van der Waals surface area contributed by atoms with Crippen LogP contribution in [-0.4, -0.2) is 20.4 Å². The van der Waals surface area contributed by atoms with Crippen molar-refractivity contribution in [3.63, 3.8) is 0 Å². The van der Waals surface area contributed by atoms with Crippen LogP contribution in [0.2, 0.25) is 0 Å². The van der Waals surface area contributed by atoms with E-state index < -0.39 is 0 Å². The summed E-state index contributed by atoms with van der Waals surface area (Å²) in [5.74, 6) is 2.41. The molecule has 2 aromatic heterocycles. The van der Waals surface area contributed by atoms with Gasteiger partial charge in [-0.2, -0.15) is 0 Å². The fourth-order valence-corrected chi connectivity index (χ4v) is 3.61. The Balaban J connectivity index is 2.15. The Bertz CT molecular complexity index is 605. The van der Waals surface area contributed by atoms with Gasteiger partial charge in [-0.3, -0.25) is 0 Å². The Labute approximate surface area is 125 Å². The van der Waals surface area contributed by atoms with E-state index in [0.29, 0.717) is 17.8 Å². The molecule has 3 nitrogen and oxygen atoms in total. The van der Waals surface area contributed by atoms with Crippen LogP contribution in [0.3, 0.4) is 0 Å². The summed E-state index contributed by atoms with van der Waals surface area (Å²) in [6, 6.07) is 2.57. The first-order valence-corrected chi connectivity index (χ1v) is 8.14. The third-order valence-corrected chi connectivity index (χ3v) is 4.76. The van der Waals surface area contributed by atoms with E-state index in [9.17, 15) is 0 Å². The molecule has 2 aromatic rings. The number of halogens is 1. The third-order valence-electron chi connectivity index (χ3n) is 4.57. The summed E-state index contributed by atoms with van der Waals surface area (Å²) < 4.78 is 2.38. The molecular weight excluding hydrogens is 270 g/mol. The van der Waals surface area contributed by atoms with Crippen LogP contribution >= 0.6 is 11.6 Å². The van der Waals surface area contributed by atoms with Gasteiger partial charge in [0.15, 0.2) is 5.65 Å². The van der Waals surface area contributed by atoms with Gasteiger partial charge in [0.05, 0.1) is 0 Å². The average molecular weight is 292 g/mol. The van der Waals surface area contributed by atoms with Gasteiger partial charge in [-0.1, -0.05) is 19.8 Å². The average Bonchev–Trinajstić information content (AvgIpc) is 2.80. The lowest BCUT2D eigenvalue weighted by atomic mass is 9.85. The summed E-state index contributed by atoms with van der Waals surface area (Å²) in [5.41, 5.74) is 3.29. The van der Waals surface area contributed by atoms with Gasteiger partial charge in [-0.15, -0.1) is 11.6 Å². The Morgan fingerprint density at radius 1 is 1.35 bits per heavy atom. The zero-order chi connectivity index (χ0) is 14.1. The molecule has 0 aliphatic heterocycles. The predicted molar refractivity (Wildman–Crippen MR) is 83.4 cm³/mol. The molecule has 0 bridgehead atoms. The molecule has 2 unspecified atom stereocenters. The highest BCUT2D eigenvalue weighted by Gasteiger charge is 2.27. The van der Waals surface area contributed by atoms with Crippen molar-refractivity contribution in [2.75, 3.05) is 5.88 Å². The minimum absolute atomic E-state index is 0.529. The van der Waals surface area contributed by atoms with Crippen molar-refractivity contribution in [3.8, 4) is 0 Å². The molecule has 108 valence electrons. The number of imidazole rings is 1. The van der Waals surface area contributed by atoms with Crippen molar-refractivity contribution >= 4 is 22.8 Å². The molecule has 4 heteroatoms. The van der Waals surface area contributed by atoms with Crippen LogP contribution in [0.4, 0.5) is 0 Å². The second-order valence-electron chi connectivity index (χ2n) is 5.97. The van der Waals surface area contributed by atoms with Crippen LogP contribution in [0, 0.1) is 12.8 Å². The smallest absolute Gasteiger partial charge is 0.160 e. The number of alkyl halides is 1. The molecule has 1 fully saturated rings. The normalized spacial score (nSPS) is 23.4. The first kappa shape index (κ1) is 13.9. The van der Waals surface area contributed by atoms with E-state index in [1.54, 1.807) is 0 Å². The second-order valence-corrected chi connectivity index (χ2v) is 6.34. The number of hydrogen-bond donors (Lipinski definition) is 0. The first-order valence-electron chi connectivity index (χ1n) is 7.60. The summed E-state index contributed by atoms with van der Waals surface area (Å²) in [5, 5.41) is 0. The molecular formula is C16H22ClN3. The summed E-state index contributed by atoms with van der Waals surface area (Å²) in [6.07, 6.45) is 7.91. The zero-order valence-corrected chi connectivity index (χ0v) is 13.0. The maximum atomic E-state index is 5.98. The fraction of sp³-hybridized carbons (Fsp3) is 0.625. The fourth-order valence-electron chi connectivity index (χ4n) is 3.45. The summed E-state index contributed by atoms with van der Waals surface area (Å²) in [4.78, 5) is 9.44. The molecule has 0 N–H and O–H groups in total. The molecule has 0 saturated heterocycles. The molecule has 20 heavy (non-hydrogen) atoms. The zero-order valence-electron chi connectivity index (χ0n) is 12.3. The molecule has 2 atom stereocenters. The van der Waals surface area contributed by atoms with E-state index in [2.05, 4.69) is 23.4 Å². The molecule has 0 amide bonds. The van der Waals surface area contributed by atoms with Gasteiger partial charge in [-0.25, -0.2) is 9.97 Å². The van der Waals surface area contributed by atoms with Gasteiger partial charge in [0.2, 0.25) is 0 Å². The maximum absolute atomic E-state index is 5.98. The largest absolute Gasteiger partial charge is 0.309 e. The Hall–Kier alpha value is -1.09. The molecule has 2 heterocycles. The topological polar surface area (TPSA) is 30.7 Å². The minimum atomic E-state index is 0.529. The number of pyridine rings is 1. The summed E-state index contributed by atoms with van der Waals surface area (Å²) in [7, 11) is 0. The molecule has 1 aliphatic carbocycles. The van der Waals surface area contributed by atoms with E-state index in [0.717, 1.165) is 23.4 Å². The molecule has 0 spiro atoms. The Kier molecular flexibility index (Phi) is 3.97. The van der Waals surface area contributed by atoms with Gasteiger partial charge in [0.25, 0.3) is 0 Å². The molecule has 0 radical (unpaired) electrons. The molecule has 3 rings (SSSR count). The molecule has 1 saturated carbocycles. The Morgan fingerprint density at radius 2 is 2.15 bits per heavy atom. The third kappa shape index (κ3) is 2.32. The van der Waals surface area contributed by atoms with Crippen LogP contribution in [0.1, 0.15) is 50.0 Å². The molecule has 0 aromatic carbocycles. The van der Waals surface area contributed by atoms with Crippen molar-refractivity contribution in [1.29, 1.82) is 0 Å². The number of nitrogens with zero attached hydrogens (tertiary/aromatic N) is 3. The van der Waals surface area contributed by atoms with E-state index in [1.807, 2.05) is 12.3 Å². The van der Waals surface area contributed by atoms with E-state index in [-0.39, 0.29) is 0 Å². The van der Waals surface area contributed by atoms with Gasteiger partial charge < -0.3 is 4.57 Å². The molecule has 1 aliphatic rings. The quantitative estimate of drug-likeness (QED) is 0.791. The van der Waals surface area contributed by atoms with Crippen LogP contribution in [0.15, 0.2) is 12.3 Å². The Morgan fingerprint density at radius 3 is 2.90 bits per heavy atom. The van der Waals surface area contributed by atoms with Gasteiger partial charge in [0, 0.05) is 24.5 Å². The highest BCUT2D eigenvalue weighted by atomic mass is 35.5. The number of rotatable bonds is 3. The van der Waals surface area contributed by atoms with Crippen molar-refractivity contribution < 1.29 is 0 Å². The summed E-state index contributed by atoms with van der Waals surface area (Å²) >= 11 is 5.98. The maximum Gasteiger partial charge on any atom is 0.160 e. The van der Waals surface area contributed by atoms with E-state index in [1.165, 1.54) is 31.2 Å². The lowest BCUT2D eigenvalue weighted by Crippen LogP contribution is -2.23. The number of aromatic nitrogens is 3. The van der Waals surface area contributed by atoms with Crippen LogP contribution in [-0.2, 0) is 6.42 Å². The van der Waals surface area contributed by atoms with Crippen LogP contribution in [0.25, 0.3) is 11.2 Å². The van der Waals surface area contributed by atoms with E-state index in [4.69, 9.17) is 16.6 Å². The highest BCUT2D eigenvalue weighted by Crippen LogP contribution is 2.36. The second kappa shape index (κ2) is 5.72. The predicted octanol–water partition coefficient (Wildman–Crippen LogP) is 4.27. The van der Waals surface area contributed by atoms with Crippen molar-refractivity contribution in [2.45, 2.75) is 52.0 Å².